The van der Waals surface area contributed by atoms with E-state index in [2.05, 4.69) is 21.6 Å². The van der Waals surface area contributed by atoms with Gasteiger partial charge in [0.25, 0.3) is 0 Å². The number of rotatable bonds is 7. The van der Waals surface area contributed by atoms with E-state index in [9.17, 15) is 0 Å². The van der Waals surface area contributed by atoms with Crippen molar-refractivity contribution in [3.8, 4) is 6.07 Å². The average molecular weight is 285 g/mol. The van der Waals surface area contributed by atoms with E-state index < -0.39 is 5.54 Å². The Bertz CT molecular complexity index is 412. The third-order valence-corrected chi connectivity index (χ3v) is 4.93. The van der Waals surface area contributed by atoms with Gasteiger partial charge in [-0.25, -0.2) is 0 Å². The van der Waals surface area contributed by atoms with Gasteiger partial charge in [-0.1, -0.05) is 23.1 Å². The van der Waals surface area contributed by atoms with Crippen LogP contribution < -0.4 is 10.2 Å². The number of nitrogens with zero attached hydrogens (tertiary/aromatic N) is 4. The van der Waals surface area contributed by atoms with Crippen molar-refractivity contribution >= 4 is 28.2 Å². The van der Waals surface area contributed by atoms with Gasteiger partial charge in [0.1, 0.15) is 5.54 Å². The molecule has 0 saturated heterocycles. The lowest BCUT2D eigenvalue weighted by Gasteiger charge is -2.19. The Labute approximate surface area is 117 Å². The van der Waals surface area contributed by atoms with E-state index in [1.807, 2.05) is 33.0 Å². The van der Waals surface area contributed by atoms with E-state index >= 15 is 0 Å². The Morgan fingerprint density at radius 1 is 1.50 bits per heavy atom. The van der Waals surface area contributed by atoms with E-state index in [0.717, 1.165) is 28.1 Å². The van der Waals surface area contributed by atoms with Crippen molar-refractivity contribution in [2.75, 3.05) is 31.8 Å². The summed E-state index contributed by atoms with van der Waals surface area (Å²) in [5.41, 5.74) is -0.420. The molecule has 0 radical (unpaired) electrons. The first-order chi connectivity index (χ1) is 8.50. The molecule has 0 bridgehead atoms. The monoisotopic (exact) mass is 285 g/mol. The average Bonchev–Trinajstić information content (AvgIpc) is 2.83. The van der Waals surface area contributed by atoms with Gasteiger partial charge in [0.2, 0.25) is 5.13 Å². The molecule has 1 N–H and O–H groups in total. The zero-order valence-corrected chi connectivity index (χ0v) is 12.9. The van der Waals surface area contributed by atoms with Crippen molar-refractivity contribution in [1.82, 2.24) is 15.5 Å². The van der Waals surface area contributed by atoms with Crippen LogP contribution >= 0.6 is 23.1 Å². The Kier molecular flexibility index (Phi) is 5.85. The Morgan fingerprint density at radius 3 is 2.72 bits per heavy atom. The van der Waals surface area contributed by atoms with Crippen molar-refractivity contribution in [1.29, 1.82) is 5.26 Å². The molecule has 1 atom stereocenters. The molecule has 1 rings (SSSR count). The van der Waals surface area contributed by atoms with Gasteiger partial charge < -0.3 is 10.2 Å². The van der Waals surface area contributed by atoms with Crippen LogP contribution in [0.2, 0.25) is 0 Å². The first kappa shape index (κ1) is 15.2. The minimum atomic E-state index is -0.420. The highest BCUT2D eigenvalue weighted by Gasteiger charge is 2.20. The van der Waals surface area contributed by atoms with Crippen LogP contribution in [0.5, 0.6) is 0 Å². The molecule has 100 valence electrons. The maximum Gasteiger partial charge on any atom is 0.208 e. The summed E-state index contributed by atoms with van der Waals surface area (Å²) in [6.07, 6.45) is 1.82. The van der Waals surface area contributed by atoms with E-state index in [1.165, 1.54) is 0 Å². The second-order valence-electron chi connectivity index (χ2n) is 4.39. The van der Waals surface area contributed by atoms with E-state index in [4.69, 9.17) is 5.26 Å². The second kappa shape index (κ2) is 6.92. The fraction of sp³-hybridized carbons (Fsp3) is 0.727. The molecule has 1 heterocycles. The largest absolute Gasteiger partial charge is 0.353 e. The molecule has 0 spiro atoms. The molecule has 1 aromatic heterocycles. The molecule has 0 aliphatic heterocycles. The number of thioether (sulfide) groups is 1. The van der Waals surface area contributed by atoms with E-state index in [0.29, 0.717) is 0 Å². The molecule has 5 nitrogen and oxygen atoms in total. The Morgan fingerprint density at radius 2 is 2.22 bits per heavy atom. The molecular formula is C11H19N5S2. The van der Waals surface area contributed by atoms with Gasteiger partial charge in [-0.2, -0.15) is 5.26 Å². The maximum absolute atomic E-state index is 9.02. The van der Waals surface area contributed by atoms with Gasteiger partial charge in [0.15, 0.2) is 4.34 Å². The highest BCUT2D eigenvalue weighted by Crippen LogP contribution is 2.28. The maximum atomic E-state index is 9.02. The van der Waals surface area contributed by atoms with Crippen LogP contribution in [0.1, 0.15) is 19.8 Å². The van der Waals surface area contributed by atoms with Crippen molar-refractivity contribution in [2.45, 2.75) is 29.6 Å². The zero-order valence-electron chi connectivity index (χ0n) is 11.2. The van der Waals surface area contributed by atoms with Crippen LogP contribution in [0.25, 0.3) is 0 Å². The summed E-state index contributed by atoms with van der Waals surface area (Å²) in [6, 6.07) is 2.29. The van der Waals surface area contributed by atoms with Crippen LogP contribution in [0, 0.1) is 11.3 Å². The molecule has 0 aliphatic rings. The minimum Gasteiger partial charge on any atom is -0.353 e. The number of hydrogen-bond donors (Lipinski definition) is 1. The summed E-state index contributed by atoms with van der Waals surface area (Å²) in [4.78, 5) is 1.95. The number of aromatic nitrogens is 2. The Hall–Kier alpha value is -0.840. The predicted octanol–water partition coefficient (Wildman–Crippen LogP) is 1.98. The summed E-state index contributed by atoms with van der Waals surface area (Å²) in [6.45, 7) is 1.92. The fourth-order valence-corrected chi connectivity index (χ4v) is 3.04. The number of hydrogen-bond acceptors (Lipinski definition) is 7. The lowest BCUT2D eigenvalue weighted by Crippen LogP contribution is -2.37. The SMILES string of the molecule is CNC(C)(C#N)CCCSc1nnc(N(C)C)s1. The lowest BCUT2D eigenvalue weighted by molar-refractivity contribution is 0.451. The van der Waals surface area contributed by atoms with Gasteiger partial charge in [-0.05, 0) is 26.8 Å². The molecule has 0 fully saturated rings. The minimum absolute atomic E-state index is 0.420. The van der Waals surface area contributed by atoms with Crippen LogP contribution in [0.3, 0.4) is 0 Å². The van der Waals surface area contributed by atoms with Gasteiger partial charge in [0.05, 0.1) is 6.07 Å². The third-order valence-electron chi connectivity index (χ3n) is 2.62. The number of anilines is 1. The highest BCUT2D eigenvalue weighted by atomic mass is 32.2. The fourth-order valence-electron chi connectivity index (χ4n) is 1.26. The molecule has 0 aromatic carbocycles. The molecule has 0 aliphatic carbocycles. The summed E-state index contributed by atoms with van der Waals surface area (Å²) in [5.74, 6) is 0.959. The van der Waals surface area contributed by atoms with Crippen LogP contribution in [-0.2, 0) is 0 Å². The first-order valence-corrected chi connectivity index (χ1v) is 7.55. The Balaban J connectivity index is 2.32. The molecule has 0 saturated carbocycles. The van der Waals surface area contributed by atoms with Gasteiger partial charge in [-0.15, -0.1) is 10.2 Å². The molecule has 18 heavy (non-hydrogen) atoms. The van der Waals surface area contributed by atoms with Crippen molar-refractivity contribution in [2.24, 2.45) is 0 Å². The summed E-state index contributed by atoms with van der Waals surface area (Å²) in [7, 11) is 5.74. The smallest absolute Gasteiger partial charge is 0.208 e. The van der Waals surface area contributed by atoms with Crippen LogP contribution in [0.15, 0.2) is 4.34 Å². The molecule has 0 amide bonds. The summed E-state index contributed by atoms with van der Waals surface area (Å²) < 4.78 is 0.988. The molecule has 1 aromatic rings. The summed E-state index contributed by atoms with van der Waals surface area (Å²) >= 11 is 3.30. The second-order valence-corrected chi connectivity index (χ2v) is 6.69. The van der Waals surface area contributed by atoms with Gasteiger partial charge in [-0.3, -0.25) is 0 Å². The first-order valence-electron chi connectivity index (χ1n) is 5.74. The van der Waals surface area contributed by atoms with Gasteiger partial charge in [0, 0.05) is 19.8 Å². The number of nitrogens with one attached hydrogen (secondary N) is 1. The quantitative estimate of drug-likeness (QED) is 0.610. The van der Waals surface area contributed by atoms with Crippen molar-refractivity contribution in [3.63, 3.8) is 0 Å². The van der Waals surface area contributed by atoms with E-state index in [1.54, 1.807) is 23.1 Å². The van der Waals surface area contributed by atoms with Crippen molar-refractivity contribution in [3.05, 3.63) is 0 Å². The topological polar surface area (TPSA) is 64.8 Å². The molecular weight excluding hydrogens is 266 g/mol. The molecule has 7 heteroatoms. The lowest BCUT2D eigenvalue weighted by atomic mass is 9.99. The highest BCUT2D eigenvalue weighted by molar-refractivity contribution is 8.01. The summed E-state index contributed by atoms with van der Waals surface area (Å²) in [5, 5.41) is 21.2. The molecule has 1 unspecified atom stereocenters. The van der Waals surface area contributed by atoms with Crippen LogP contribution in [-0.4, -0.2) is 42.6 Å². The third kappa shape index (κ3) is 4.44. The standard InChI is InChI=1S/C11H19N5S2/c1-11(8-12,13-2)6-5-7-17-10-15-14-9(18-10)16(3)4/h13H,5-7H2,1-4H3. The van der Waals surface area contributed by atoms with Crippen LogP contribution in [0.4, 0.5) is 5.13 Å². The van der Waals surface area contributed by atoms with E-state index in [-0.39, 0.29) is 0 Å². The normalized spacial score (nSPS) is 13.9. The zero-order chi connectivity index (χ0) is 13.6. The predicted molar refractivity (Wildman–Crippen MR) is 77.3 cm³/mol. The van der Waals surface area contributed by atoms with Crippen molar-refractivity contribution < 1.29 is 0 Å². The number of nitriles is 1. The van der Waals surface area contributed by atoms with Gasteiger partial charge >= 0.3 is 0 Å².